The summed E-state index contributed by atoms with van der Waals surface area (Å²) >= 11 is 5.93. The number of nitrogens with one attached hydrogen (secondary N) is 1. The van der Waals surface area contributed by atoms with Crippen molar-refractivity contribution in [3.05, 3.63) is 29.3 Å². The Hall–Kier alpha value is -1.11. The van der Waals surface area contributed by atoms with Crippen LogP contribution in [0, 0.1) is 0 Å². The van der Waals surface area contributed by atoms with Gasteiger partial charge in [0.2, 0.25) is 5.91 Å². The van der Waals surface area contributed by atoms with Gasteiger partial charge in [-0.25, -0.2) is 0 Å². The van der Waals surface area contributed by atoms with Crippen LogP contribution in [0.5, 0.6) is 0 Å². The van der Waals surface area contributed by atoms with Gasteiger partial charge in [-0.1, -0.05) is 32.0 Å². The van der Waals surface area contributed by atoms with Crippen molar-refractivity contribution in [3.8, 4) is 0 Å². The van der Waals surface area contributed by atoms with Crippen LogP contribution in [0.1, 0.15) is 31.9 Å². The van der Waals surface area contributed by atoms with Crippen LogP contribution < -0.4 is 5.32 Å². The molecule has 0 aliphatic heterocycles. The van der Waals surface area contributed by atoms with Gasteiger partial charge in [0.05, 0.1) is 12.4 Å². The molecular weight excluding hydrogens is 326 g/mol. The Morgan fingerprint density at radius 3 is 2.23 bits per heavy atom. The largest absolute Gasteiger partial charge is 0.324 e. The van der Waals surface area contributed by atoms with Crippen molar-refractivity contribution in [1.82, 2.24) is 0 Å². The average molecular weight is 348 g/mol. The summed E-state index contributed by atoms with van der Waals surface area (Å²) in [5.74, 6) is -0.625. The molecule has 1 N–H and O–H groups in total. The molecular formula is C15H22ClNO4S. The molecule has 5 nitrogen and oxygen atoms in total. The minimum absolute atomic E-state index is 0.156. The van der Waals surface area contributed by atoms with E-state index in [-0.39, 0.29) is 12.4 Å². The molecule has 0 bridgehead atoms. The molecule has 0 aliphatic rings. The molecule has 0 aliphatic carbocycles. The lowest BCUT2D eigenvalue weighted by Gasteiger charge is -2.16. The Morgan fingerprint density at radius 1 is 1.23 bits per heavy atom. The zero-order valence-electron chi connectivity index (χ0n) is 13.1. The van der Waals surface area contributed by atoms with Gasteiger partial charge >= 0.3 is 0 Å². The lowest BCUT2D eigenvalue weighted by atomic mass is 10.0. The van der Waals surface area contributed by atoms with Crippen molar-refractivity contribution >= 4 is 33.3 Å². The summed E-state index contributed by atoms with van der Waals surface area (Å²) in [5.41, 5.74) is 2.78. The highest BCUT2D eigenvalue weighted by molar-refractivity contribution is 7.86. The van der Waals surface area contributed by atoms with Gasteiger partial charge in [0, 0.05) is 5.69 Å². The molecule has 1 amide bonds. The zero-order chi connectivity index (χ0) is 16.8. The molecule has 0 fully saturated rings. The first-order chi connectivity index (χ1) is 10.3. The third-order valence-corrected chi connectivity index (χ3v) is 4.81. The highest BCUT2D eigenvalue weighted by Gasteiger charge is 2.21. The van der Waals surface area contributed by atoms with Crippen LogP contribution >= 0.6 is 11.6 Å². The lowest BCUT2D eigenvalue weighted by molar-refractivity contribution is -0.116. The SMILES string of the molecule is CCc1cccc(CC)c1NC(=O)C(Cl)COS(=O)(=O)CC. The summed E-state index contributed by atoms with van der Waals surface area (Å²) in [4.78, 5) is 12.1. The molecule has 0 radical (unpaired) electrons. The number of halogens is 1. The maximum atomic E-state index is 12.1. The number of hydrogen-bond donors (Lipinski definition) is 1. The zero-order valence-corrected chi connectivity index (χ0v) is 14.6. The number of benzene rings is 1. The Morgan fingerprint density at radius 2 is 1.77 bits per heavy atom. The van der Waals surface area contributed by atoms with E-state index in [1.54, 1.807) is 0 Å². The van der Waals surface area contributed by atoms with Crippen molar-refractivity contribution in [3.63, 3.8) is 0 Å². The number of rotatable bonds is 8. The van der Waals surface area contributed by atoms with Crippen LogP contribution in [-0.4, -0.2) is 32.1 Å². The van der Waals surface area contributed by atoms with Crippen LogP contribution in [0.4, 0.5) is 5.69 Å². The first kappa shape index (κ1) is 18.9. The Kier molecular flexibility index (Phi) is 7.32. The summed E-state index contributed by atoms with van der Waals surface area (Å²) in [6, 6.07) is 5.83. The van der Waals surface area contributed by atoms with Crippen molar-refractivity contribution in [1.29, 1.82) is 0 Å². The van der Waals surface area contributed by atoms with Crippen molar-refractivity contribution in [2.45, 2.75) is 39.0 Å². The molecule has 1 atom stereocenters. The molecule has 0 aromatic heterocycles. The molecule has 124 valence electrons. The van der Waals surface area contributed by atoms with Crippen molar-refractivity contribution < 1.29 is 17.4 Å². The van der Waals surface area contributed by atoms with E-state index in [1.807, 2.05) is 32.0 Å². The van der Waals surface area contributed by atoms with Crippen molar-refractivity contribution in [2.24, 2.45) is 0 Å². The average Bonchev–Trinajstić information content (AvgIpc) is 2.52. The molecule has 0 spiro atoms. The molecule has 7 heteroatoms. The molecule has 0 saturated carbocycles. The van der Waals surface area contributed by atoms with Crippen LogP contribution in [0.2, 0.25) is 0 Å². The smallest absolute Gasteiger partial charge is 0.267 e. The topological polar surface area (TPSA) is 72.5 Å². The minimum atomic E-state index is -3.61. The number of amides is 1. The molecule has 22 heavy (non-hydrogen) atoms. The third-order valence-electron chi connectivity index (χ3n) is 3.28. The van der Waals surface area contributed by atoms with Gasteiger partial charge in [0.15, 0.2) is 0 Å². The van der Waals surface area contributed by atoms with E-state index in [0.717, 1.165) is 29.7 Å². The standard InChI is InChI=1S/C15H22ClNO4S/c1-4-11-8-7-9-12(5-2)14(11)17-15(18)13(16)10-21-22(19,20)6-3/h7-9,13H,4-6,10H2,1-3H3,(H,17,18). The van der Waals surface area contributed by atoms with Gasteiger partial charge in [-0.2, -0.15) is 8.42 Å². The molecule has 0 heterocycles. The van der Waals surface area contributed by atoms with Gasteiger partial charge < -0.3 is 5.32 Å². The van der Waals surface area contributed by atoms with E-state index in [4.69, 9.17) is 15.8 Å². The fourth-order valence-electron chi connectivity index (χ4n) is 1.93. The van der Waals surface area contributed by atoms with E-state index in [1.165, 1.54) is 6.92 Å². The maximum absolute atomic E-state index is 12.1. The van der Waals surface area contributed by atoms with Crippen LogP contribution in [0.15, 0.2) is 18.2 Å². The molecule has 1 aromatic carbocycles. The Labute approximate surface area is 137 Å². The highest BCUT2D eigenvalue weighted by Crippen LogP contribution is 2.23. The van der Waals surface area contributed by atoms with Gasteiger partial charge in [0.25, 0.3) is 10.1 Å². The number of para-hydroxylation sites is 1. The molecule has 1 rings (SSSR count). The van der Waals surface area contributed by atoms with Crippen LogP contribution in [0.3, 0.4) is 0 Å². The Bertz CT molecular complexity index is 594. The van der Waals surface area contributed by atoms with Crippen LogP contribution in [-0.2, 0) is 31.9 Å². The van der Waals surface area contributed by atoms with E-state index in [9.17, 15) is 13.2 Å². The van der Waals surface area contributed by atoms with Gasteiger partial charge in [-0.05, 0) is 30.9 Å². The quantitative estimate of drug-likeness (QED) is 0.579. The number of aryl methyl sites for hydroxylation is 2. The Balaban J connectivity index is 2.80. The summed E-state index contributed by atoms with van der Waals surface area (Å²) in [6.07, 6.45) is 1.55. The van der Waals surface area contributed by atoms with E-state index in [2.05, 4.69) is 5.32 Å². The normalized spacial score (nSPS) is 12.9. The summed E-state index contributed by atoms with van der Waals surface area (Å²) < 4.78 is 27.2. The van der Waals surface area contributed by atoms with E-state index in [0.29, 0.717) is 0 Å². The fourth-order valence-corrected chi connectivity index (χ4v) is 2.63. The predicted octanol–water partition coefficient (Wildman–Crippen LogP) is 2.72. The number of carbonyl (C=O) groups excluding carboxylic acids is 1. The van der Waals surface area contributed by atoms with Gasteiger partial charge in [-0.15, -0.1) is 11.6 Å². The molecule has 1 aromatic rings. The lowest BCUT2D eigenvalue weighted by Crippen LogP contribution is -2.29. The van der Waals surface area contributed by atoms with Gasteiger partial charge in [0.1, 0.15) is 5.38 Å². The monoisotopic (exact) mass is 347 g/mol. The maximum Gasteiger partial charge on any atom is 0.267 e. The first-order valence-electron chi connectivity index (χ1n) is 7.27. The molecule has 1 unspecified atom stereocenters. The third kappa shape index (κ3) is 5.26. The first-order valence-corrected chi connectivity index (χ1v) is 9.28. The number of carbonyl (C=O) groups is 1. The predicted molar refractivity (Wildman–Crippen MR) is 88.9 cm³/mol. The summed E-state index contributed by atoms with van der Waals surface area (Å²) in [7, 11) is -3.61. The number of alkyl halides is 1. The number of hydrogen-bond acceptors (Lipinski definition) is 4. The second-order valence-corrected chi connectivity index (χ2v) is 7.20. The minimum Gasteiger partial charge on any atom is -0.324 e. The van der Waals surface area contributed by atoms with Crippen molar-refractivity contribution in [2.75, 3.05) is 17.7 Å². The van der Waals surface area contributed by atoms with E-state index >= 15 is 0 Å². The second-order valence-electron chi connectivity index (χ2n) is 4.75. The summed E-state index contributed by atoms with van der Waals surface area (Å²) in [5, 5.41) is 1.72. The van der Waals surface area contributed by atoms with Gasteiger partial charge in [-0.3, -0.25) is 8.98 Å². The number of anilines is 1. The fraction of sp³-hybridized carbons (Fsp3) is 0.533. The summed E-state index contributed by atoms with van der Waals surface area (Å²) in [6.45, 7) is 5.09. The van der Waals surface area contributed by atoms with E-state index < -0.39 is 21.4 Å². The molecule has 0 saturated heterocycles. The van der Waals surface area contributed by atoms with Crippen LogP contribution in [0.25, 0.3) is 0 Å². The highest BCUT2D eigenvalue weighted by atomic mass is 35.5. The second kappa shape index (κ2) is 8.50.